The van der Waals surface area contributed by atoms with E-state index in [2.05, 4.69) is 10.3 Å². The molecule has 1 amide bonds. The molecule has 0 aliphatic rings. The molecular formula is C17H19ClN2O2. The monoisotopic (exact) mass is 318 g/mol. The van der Waals surface area contributed by atoms with Crippen LogP contribution in [-0.4, -0.2) is 29.1 Å². The van der Waals surface area contributed by atoms with E-state index in [-0.39, 0.29) is 18.4 Å². The lowest BCUT2D eigenvalue weighted by molar-refractivity contribution is 0.0940. The van der Waals surface area contributed by atoms with Gasteiger partial charge in [-0.1, -0.05) is 17.7 Å². The van der Waals surface area contributed by atoms with Gasteiger partial charge in [-0.05, 0) is 48.7 Å². The van der Waals surface area contributed by atoms with E-state index in [1.165, 1.54) is 0 Å². The van der Waals surface area contributed by atoms with Crippen LogP contribution in [0.25, 0.3) is 0 Å². The molecule has 0 saturated carbocycles. The van der Waals surface area contributed by atoms with Gasteiger partial charge in [-0.15, -0.1) is 0 Å². The summed E-state index contributed by atoms with van der Waals surface area (Å²) >= 11 is 6.09. The third kappa shape index (κ3) is 4.55. The van der Waals surface area contributed by atoms with Crippen LogP contribution in [0.3, 0.4) is 0 Å². The van der Waals surface area contributed by atoms with Gasteiger partial charge in [0.05, 0.1) is 10.6 Å². The van der Waals surface area contributed by atoms with Gasteiger partial charge in [0.15, 0.2) is 0 Å². The Morgan fingerprint density at radius 3 is 2.68 bits per heavy atom. The number of hydrogen-bond acceptors (Lipinski definition) is 3. The Kier molecular flexibility index (Phi) is 5.92. The maximum absolute atomic E-state index is 12.2. The molecule has 2 N–H and O–H groups in total. The number of aryl methyl sites for hydroxylation is 1. The highest BCUT2D eigenvalue weighted by Crippen LogP contribution is 2.17. The third-order valence-electron chi connectivity index (χ3n) is 3.45. The van der Waals surface area contributed by atoms with E-state index in [9.17, 15) is 9.90 Å². The number of aliphatic hydroxyl groups is 1. The van der Waals surface area contributed by atoms with Gasteiger partial charge in [-0.2, -0.15) is 0 Å². The van der Waals surface area contributed by atoms with Crippen molar-refractivity contribution in [3.8, 4) is 0 Å². The number of benzene rings is 1. The highest BCUT2D eigenvalue weighted by molar-refractivity contribution is 6.33. The Morgan fingerprint density at radius 1 is 1.32 bits per heavy atom. The number of nitrogens with one attached hydrogen (secondary N) is 1. The number of carbonyl (C=O) groups is 1. The summed E-state index contributed by atoms with van der Waals surface area (Å²) in [5, 5.41) is 12.7. The average Bonchev–Trinajstić information content (AvgIpc) is 2.52. The minimum absolute atomic E-state index is 0.00420. The summed E-state index contributed by atoms with van der Waals surface area (Å²) in [5.41, 5.74) is 2.54. The summed E-state index contributed by atoms with van der Waals surface area (Å²) in [6.45, 7) is 2.32. The van der Waals surface area contributed by atoms with Crippen LogP contribution in [0.5, 0.6) is 0 Å². The van der Waals surface area contributed by atoms with Crippen LogP contribution >= 0.6 is 11.6 Å². The van der Waals surface area contributed by atoms with Gasteiger partial charge < -0.3 is 10.4 Å². The third-order valence-corrected chi connectivity index (χ3v) is 3.77. The smallest absolute Gasteiger partial charge is 0.252 e. The molecule has 1 aromatic carbocycles. The summed E-state index contributed by atoms with van der Waals surface area (Å²) in [4.78, 5) is 16.1. The molecule has 2 rings (SSSR count). The Labute approximate surface area is 135 Å². The number of nitrogens with zero attached hydrogens (tertiary/aromatic N) is 1. The number of aromatic nitrogens is 1. The molecule has 1 heterocycles. The van der Waals surface area contributed by atoms with Crippen molar-refractivity contribution in [2.75, 3.05) is 13.2 Å². The van der Waals surface area contributed by atoms with Gasteiger partial charge in [0.25, 0.3) is 5.91 Å². The van der Waals surface area contributed by atoms with Crippen LogP contribution in [-0.2, 0) is 6.42 Å². The Bertz CT molecular complexity index is 632. The molecule has 4 nitrogen and oxygen atoms in total. The van der Waals surface area contributed by atoms with Crippen molar-refractivity contribution in [1.29, 1.82) is 0 Å². The molecule has 0 unspecified atom stereocenters. The second-order valence-corrected chi connectivity index (χ2v) is 5.71. The zero-order valence-corrected chi connectivity index (χ0v) is 13.2. The highest BCUT2D eigenvalue weighted by atomic mass is 35.5. The van der Waals surface area contributed by atoms with E-state index in [4.69, 9.17) is 11.6 Å². The molecule has 0 bridgehead atoms. The van der Waals surface area contributed by atoms with E-state index < -0.39 is 0 Å². The Hall–Kier alpha value is -1.91. The minimum atomic E-state index is -0.224. The largest absolute Gasteiger partial charge is 0.396 e. The maximum atomic E-state index is 12.2. The highest BCUT2D eigenvalue weighted by Gasteiger charge is 2.14. The van der Waals surface area contributed by atoms with E-state index in [1.54, 1.807) is 24.5 Å². The van der Waals surface area contributed by atoms with Crippen LogP contribution < -0.4 is 5.32 Å². The van der Waals surface area contributed by atoms with Gasteiger partial charge in [0.2, 0.25) is 0 Å². The zero-order valence-electron chi connectivity index (χ0n) is 12.4. The summed E-state index contributed by atoms with van der Waals surface area (Å²) in [7, 11) is 0. The first-order valence-electron chi connectivity index (χ1n) is 7.14. The van der Waals surface area contributed by atoms with Crippen molar-refractivity contribution in [3.05, 3.63) is 64.4 Å². The molecular weight excluding hydrogens is 300 g/mol. The lowest BCUT2D eigenvalue weighted by atomic mass is 10.0. The number of aliphatic hydroxyl groups excluding tert-OH is 1. The molecule has 116 valence electrons. The standard InChI is InChI=1S/C17H19ClN2O2/c1-12-2-3-15(16(18)8-12)17(22)20-10-14(11-21)9-13-4-6-19-7-5-13/h2-8,14,21H,9-11H2,1H3,(H,20,22)/t14-/m0/s1. The first kappa shape index (κ1) is 16.5. The number of amides is 1. The summed E-state index contributed by atoms with van der Waals surface area (Å²) in [6, 6.07) is 9.13. The Morgan fingerprint density at radius 2 is 2.05 bits per heavy atom. The van der Waals surface area contributed by atoms with Crippen molar-refractivity contribution in [1.82, 2.24) is 10.3 Å². The van der Waals surface area contributed by atoms with E-state index in [0.717, 1.165) is 11.1 Å². The van der Waals surface area contributed by atoms with E-state index >= 15 is 0 Å². The molecule has 1 atom stereocenters. The number of hydrogen-bond donors (Lipinski definition) is 2. The lowest BCUT2D eigenvalue weighted by Crippen LogP contribution is -2.32. The van der Waals surface area contributed by atoms with Crippen LogP contribution in [0.4, 0.5) is 0 Å². The zero-order chi connectivity index (χ0) is 15.9. The predicted molar refractivity (Wildman–Crippen MR) is 87.0 cm³/mol. The van der Waals surface area contributed by atoms with Crippen molar-refractivity contribution >= 4 is 17.5 Å². The molecule has 1 aromatic heterocycles. The number of halogens is 1. The maximum Gasteiger partial charge on any atom is 0.252 e. The van der Waals surface area contributed by atoms with Gasteiger partial charge in [0, 0.05) is 31.5 Å². The van der Waals surface area contributed by atoms with Crippen molar-refractivity contribution in [2.24, 2.45) is 5.92 Å². The molecule has 0 radical (unpaired) electrons. The second kappa shape index (κ2) is 7.92. The number of carbonyl (C=O) groups excluding carboxylic acids is 1. The van der Waals surface area contributed by atoms with Crippen LogP contribution in [0, 0.1) is 12.8 Å². The Balaban J connectivity index is 1.94. The summed E-state index contributed by atoms with van der Waals surface area (Å²) in [6.07, 6.45) is 4.11. The van der Waals surface area contributed by atoms with Crippen LogP contribution in [0.15, 0.2) is 42.7 Å². The number of rotatable bonds is 6. The molecule has 0 fully saturated rings. The first-order valence-corrected chi connectivity index (χ1v) is 7.52. The molecule has 0 aliphatic heterocycles. The van der Waals surface area contributed by atoms with Crippen molar-refractivity contribution in [3.63, 3.8) is 0 Å². The van der Waals surface area contributed by atoms with Gasteiger partial charge >= 0.3 is 0 Å². The fourth-order valence-corrected chi connectivity index (χ4v) is 2.51. The summed E-state index contributed by atoms with van der Waals surface area (Å²) in [5.74, 6) is -0.270. The molecule has 0 spiro atoms. The SMILES string of the molecule is Cc1ccc(C(=O)NC[C@@H](CO)Cc2ccncc2)c(Cl)c1. The van der Waals surface area contributed by atoms with Crippen LogP contribution in [0.1, 0.15) is 21.5 Å². The molecule has 5 heteroatoms. The summed E-state index contributed by atoms with van der Waals surface area (Å²) < 4.78 is 0. The van der Waals surface area contributed by atoms with E-state index in [0.29, 0.717) is 23.6 Å². The fourth-order valence-electron chi connectivity index (χ4n) is 2.19. The van der Waals surface area contributed by atoms with Gasteiger partial charge in [-0.25, -0.2) is 0 Å². The van der Waals surface area contributed by atoms with Crippen LogP contribution in [0.2, 0.25) is 5.02 Å². The van der Waals surface area contributed by atoms with Crippen molar-refractivity contribution in [2.45, 2.75) is 13.3 Å². The number of pyridine rings is 1. The average molecular weight is 319 g/mol. The van der Waals surface area contributed by atoms with Gasteiger partial charge in [-0.3, -0.25) is 9.78 Å². The topological polar surface area (TPSA) is 62.2 Å². The molecule has 0 aliphatic carbocycles. The quantitative estimate of drug-likeness (QED) is 0.860. The molecule has 22 heavy (non-hydrogen) atoms. The fraction of sp³-hybridized carbons (Fsp3) is 0.294. The van der Waals surface area contributed by atoms with Crippen molar-refractivity contribution < 1.29 is 9.90 Å². The van der Waals surface area contributed by atoms with E-state index in [1.807, 2.05) is 25.1 Å². The predicted octanol–water partition coefficient (Wildman–Crippen LogP) is 2.62. The minimum Gasteiger partial charge on any atom is -0.396 e. The lowest BCUT2D eigenvalue weighted by Gasteiger charge is -2.15. The molecule has 2 aromatic rings. The molecule has 0 saturated heterocycles. The first-order chi connectivity index (χ1) is 10.6. The van der Waals surface area contributed by atoms with Gasteiger partial charge in [0.1, 0.15) is 0 Å². The second-order valence-electron chi connectivity index (χ2n) is 5.30. The normalized spacial score (nSPS) is 12.0.